The summed E-state index contributed by atoms with van der Waals surface area (Å²) in [6.07, 6.45) is 6.67. The highest BCUT2D eigenvalue weighted by molar-refractivity contribution is 5.67. The summed E-state index contributed by atoms with van der Waals surface area (Å²) < 4.78 is 6.11. The third kappa shape index (κ3) is 2.69. The summed E-state index contributed by atoms with van der Waals surface area (Å²) >= 11 is 0. The number of nitrogens with two attached hydrogens (primary N) is 1. The number of nitrogens with zero attached hydrogens (tertiary/aromatic N) is 1. The summed E-state index contributed by atoms with van der Waals surface area (Å²) in [6, 6.07) is 7.49. The maximum absolute atomic E-state index is 10.9. The first kappa shape index (κ1) is 14.9. The van der Waals surface area contributed by atoms with Crippen molar-refractivity contribution in [2.75, 3.05) is 13.2 Å². The van der Waals surface area contributed by atoms with Crippen LogP contribution in [0.25, 0.3) is 5.76 Å². The van der Waals surface area contributed by atoms with Gasteiger partial charge in [0.05, 0.1) is 0 Å². The molecule has 0 unspecified atom stereocenters. The normalized spacial score (nSPS) is 31.3. The molecule has 0 spiro atoms. The minimum absolute atomic E-state index is 0.459. The maximum atomic E-state index is 10.9. The highest BCUT2D eigenvalue weighted by Gasteiger charge is 2.46. The van der Waals surface area contributed by atoms with E-state index in [1.807, 2.05) is 18.2 Å². The van der Waals surface area contributed by atoms with Gasteiger partial charge in [-0.25, -0.2) is 0 Å². The second-order valence-electron chi connectivity index (χ2n) is 7.37. The second kappa shape index (κ2) is 6.08. The van der Waals surface area contributed by atoms with E-state index in [2.05, 4.69) is 5.18 Å². The van der Waals surface area contributed by atoms with Crippen LogP contribution in [-0.2, 0) is 4.74 Å². The average Bonchev–Trinajstić information content (AvgIpc) is 2.56. The highest BCUT2D eigenvalue weighted by Crippen LogP contribution is 2.58. The van der Waals surface area contributed by atoms with Crippen molar-refractivity contribution in [3.63, 3.8) is 0 Å². The van der Waals surface area contributed by atoms with Gasteiger partial charge in [-0.3, -0.25) is 0 Å². The minimum atomic E-state index is 0.459. The second-order valence-corrected chi connectivity index (χ2v) is 7.37. The Bertz CT molecular complexity index is 608. The van der Waals surface area contributed by atoms with Gasteiger partial charge in [0.1, 0.15) is 18.1 Å². The van der Waals surface area contributed by atoms with Gasteiger partial charge in [-0.15, -0.1) is 4.91 Å². The SMILES string of the molecule is NCCOC(=C1C2CC3CC(C2)CC1C3)c1cccc(N=O)c1. The van der Waals surface area contributed by atoms with Crippen LogP contribution in [0.2, 0.25) is 0 Å². The number of rotatable bonds is 5. The third-order valence-electron chi connectivity index (χ3n) is 5.86. The van der Waals surface area contributed by atoms with Crippen LogP contribution in [0.4, 0.5) is 5.69 Å². The first-order valence-electron chi connectivity index (χ1n) is 8.79. The number of benzene rings is 1. The molecule has 4 saturated carbocycles. The van der Waals surface area contributed by atoms with E-state index < -0.39 is 0 Å². The largest absolute Gasteiger partial charge is 0.492 e. The summed E-state index contributed by atoms with van der Waals surface area (Å²) in [5.74, 6) is 4.13. The Hall–Kier alpha value is -1.68. The lowest BCUT2D eigenvalue weighted by molar-refractivity contribution is 0.0667. The van der Waals surface area contributed by atoms with Gasteiger partial charge in [-0.1, -0.05) is 12.1 Å². The Morgan fingerprint density at radius 3 is 2.43 bits per heavy atom. The number of hydrogen-bond acceptors (Lipinski definition) is 4. The van der Waals surface area contributed by atoms with Crippen LogP contribution in [0.3, 0.4) is 0 Å². The fraction of sp³-hybridized carbons (Fsp3) is 0.579. The zero-order valence-electron chi connectivity index (χ0n) is 13.4. The summed E-state index contributed by atoms with van der Waals surface area (Å²) in [5, 5.41) is 3.08. The van der Waals surface area contributed by atoms with Crippen molar-refractivity contribution >= 4 is 11.4 Å². The molecule has 4 bridgehead atoms. The highest BCUT2D eigenvalue weighted by atomic mass is 16.5. The molecule has 4 aliphatic rings. The fourth-order valence-electron chi connectivity index (χ4n) is 5.26. The minimum Gasteiger partial charge on any atom is -0.492 e. The van der Waals surface area contributed by atoms with E-state index in [1.54, 1.807) is 6.07 Å². The quantitative estimate of drug-likeness (QED) is 0.653. The van der Waals surface area contributed by atoms with E-state index in [0.29, 0.717) is 30.7 Å². The lowest BCUT2D eigenvalue weighted by Crippen LogP contribution is -2.41. The molecule has 4 aliphatic carbocycles. The molecule has 4 nitrogen and oxygen atoms in total. The first-order valence-corrected chi connectivity index (χ1v) is 8.79. The molecule has 4 heteroatoms. The Morgan fingerprint density at radius 2 is 1.83 bits per heavy atom. The molecule has 122 valence electrons. The Kier molecular flexibility index (Phi) is 3.93. The van der Waals surface area contributed by atoms with Crippen LogP contribution >= 0.6 is 0 Å². The van der Waals surface area contributed by atoms with Gasteiger partial charge < -0.3 is 10.5 Å². The molecular formula is C19H24N2O2. The summed E-state index contributed by atoms with van der Waals surface area (Å²) in [7, 11) is 0. The van der Waals surface area contributed by atoms with Crippen LogP contribution in [0.5, 0.6) is 0 Å². The van der Waals surface area contributed by atoms with Gasteiger partial charge in [0.25, 0.3) is 0 Å². The van der Waals surface area contributed by atoms with Crippen molar-refractivity contribution in [1.29, 1.82) is 0 Å². The van der Waals surface area contributed by atoms with Crippen molar-refractivity contribution in [2.45, 2.75) is 32.1 Å². The Morgan fingerprint density at radius 1 is 1.13 bits per heavy atom. The summed E-state index contributed by atoms with van der Waals surface area (Å²) in [6.45, 7) is 1.02. The van der Waals surface area contributed by atoms with Gasteiger partial charge in [-0.2, -0.15) is 0 Å². The predicted octanol–water partition coefficient (Wildman–Crippen LogP) is 4.23. The van der Waals surface area contributed by atoms with Crippen LogP contribution in [0, 0.1) is 28.6 Å². The van der Waals surface area contributed by atoms with Gasteiger partial charge in [0, 0.05) is 12.1 Å². The molecule has 23 heavy (non-hydrogen) atoms. The van der Waals surface area contributed by atoms with Gasteiger partial charge in [0.15, 0.2) is 0 Å². The number of ether oxygens (including phenoxy) is 1. The lowest BCUT2D eigenvalue weighted by atomic mass is 9.54. The molecule has 2 N–H and O–H groups in total. The van der Waals surface area contributed by atoms with Gasteiger partial charge in [-0.05, 0) is 78.7 Å². The molecule has 0 aromatic heterocycles. The molecule has 1 aromatic rings. The van der Waals surface area contributed by atoms with Crippen molar-refractivity contribution in [2.24, 2.45) is 34.6 Å². The standard InChI is InChI=1S/C19H24N2O2/c20-4-5-23-19(14-2-1-3-17(11-14)21-22)18-15-7-12-6-13(9-15)10-16(18)8-12/h1-3,11-13,15-16H,4-10,20H2. The number of allylic oxidation sites excluding steroid dienone is 1. The van der Waals surface area contributed by atoms with Crippen LogP contribution in [0.15, 0.2) is 35.0 Å². The van der Waals surface area contributed by atoms with Crippen LogP contribution in [0.1, 0.15) is 37.7 Å². The lowest BCUT2D eigenvalue weighted by Gasteiger charge is -2.51. The molecular weight excluding hydrogens is 288 g/mol. The third-order valence-corrected chi connectivity index (χ3v) is 5.86. The van der Waals surface area contributed by atoms with Crippen molar-refractivity contribution < 1.29 is 4.74 Å². The van der Waals surface area contributed by atoms with Crippen molar-refractivity contribution in [1.82, 2.24) is 0 Å². The van der Waals surface area contributed by atoms with E-state index in [0.717, 1.165) is 23.2 Å². The first-order chi connectivity index (χ1) is 11.3. The number of nitroso groups, excluding NO2 is 1. The number of hydrogen-bond donors (Lipinski definition) is 1. The van der Waals surface area contributed by atoms with Gasteiger partial charge in [0.2, 0.25) is 0 Å². The van der Waals surface area contributed by atoms with Crippen molar-refractivity contribution in [3.05, 3.63) is 40.3 Å². The predicted molar refractivity (Wildman–Crippen MR) is 90.9 cm³/mol. The molecule has 0 amide bonds. The molecule has 0 saturated heterocycles. The average molecular weight is 312 g/mol. The Balaban J connectivity index is 1.76. The van der Waals surface area contributed by atoms with Gasteiger partial charge >= 0.3 is 0 Å². The van der Waals surface area contributed by atoms with E-state index in [9.17, 15) is 4.91 Å². The zero-order chi connectivity index (χ0) is 15.8. The van der Waals surface area contributed by atoms with E-state index in [-0.39, 0.29) is 0 Å². The topological polar surface area (TPSA) is 64.7 Å². The summed E-state index contributed by atoms with van der Waals surface area (Å²) in [4.78, 5) is 10.9. The Labute approximate surface area is 137 Å². The van der Waals surface area contributed by atoms with E-state index >= 15 is 0 Å². The van der Waals surface area contributed by atoms with E-state index in [4.69, 9.17) is 10.5 Å². The molecule has 5 rings (SSSR count). The van der Waals surface area contributed by atoms with Crippen LogP contribution in [-0.4, -0.2) is 13.2 Å². The van der Waals surface area contributed by atoms with E-state index in [1.165, 1.54) is 37.7 Å². The monoisotopic (exact) mass is 312 g/mol. The molecule has 0 radical (unpaired) electrons. The molecule has 0 atom stereocenters. The molecule has 4 fully saturated rings. The summed E-state index contributed by atoms with van der Waals surface area (Å²) in [5.41, 5.74) is 8.61. The smallest absolute Gasteiger partial charge is 0.126 e. The van der Waals surface area contributed by atoms with Crippen molar-refractivity contribution in [3.8, 4) is 0 Å². The maximum Gasteiger partial charge on any atom is 0.126 e. The zero-order valence-corrected chi connectivity index (χ0v) is 13.4. The van der Waals surface area contributed by atoms with Crippen LogP contribution < -0.4 is 5.73 Å². The fourth-order valence-corrected chi connectivity index (χ4v) is 5.26. The molecule has 1 aromatic carbocycles. The molecule has 0 aliphatic heterocycles. The molecule has 0 heterocycles.